The molecule has 0 saturated heterocycles. The molecule has 5 nitrogen and oxygen atoms in total. The summed E-state index contributed by atoms with van der Waals surface area (Å²) in [5, 5.41) is 9.28. The number of rotatable bonds is 6. The van der Waals surface area contributed by atoms with Crippen molar-refractivity contribution in [3.63, 3.8) is 0 Å². The van der Waals surface area contributed by atoms with Crippen LogP contribution in [0.15, 0.2) is 6.07 Å². The van der Waals surface area contributed by atoms with E-state index in [1.54, 1.807) is 0 Å². The van der Waals surface area contributed by atoms with Crippen molar-refractivity contribution in [3.05, 3.63) is 11.9 Å². The molecule has 3 N–H and O–H groups in total. The average molecular weight is 264 g/mol. The Bertz CT molecular complexity index is 404. The largest absolute Gasteiger partial charge is 0.395 e. The van der Waals surface area contributed by atoms with Crippen LogP contribution in [0.1, 0.15) is 44.9 Å². The molecule has 2 rings (SSSR count). The number of aliphatic hydroxyl groups is 1. The van der Waals surface area contributed by atoms with Gasteiger partial charge in [0, 0.05) is 25.1 Å². The SMILES string of the molecule is CCCc1nc(N)cc(N(CCO)C2CCCC2)n1. The number of aromatic nitrogens is 2. The molecular formula is C14H24N4O. The molecule has 5 heteroatoms. The summed E-state index contributed by atoms with van der Waals surface area (Å²) in [5.41, 5.74) is 5.88. The van der Waals surface area contributed by atoms with Gasteiger partial charge in [-0.15, -0.1) is 0 Å². The summed E-state index contributed by atoms with van der Waals surface area (Å²) < 4.78 is 0. The van der Waals surface area contributed by atoms with Gasteiger partial charge in [0.25, 0.3) is 0 Å². The highest BCUT2D eigenvalue weighted by molar-refractivity contribution is 5.48. The quantitative estimate of drug-likeness (QED) is 0.818. The number of nitrogens with zero attached hydrogens (tertiary/aromatic N) is 3. The molecule has 1 aromatic heterocycles. The van der Waals surface area contributed by atoms with E-state index in [9.17, 15) is 5.11 Å². The molecule has 1 aromatic rings. The Morgan fingerprint density at radius 3 is 2.74 bits per heavy atom. The van der Waals surface area contributed by atoms with Crippen molar-refractivity contribution in [1.29, 1.82) is 0 Å². The number of hydrogen-bond acceptors (Lipinski definition) is 5. The summed E-state index contributed by atoms with van der Waals surface area (Å²) in [6.07, 6.45) is 6.71. The molecule has 106 valence electrons. The molecule has 19 heavy (non-hydrogen) atoms. The van der Waals surface area contributed by atoms with Crippen LogP contribution in [0.3, 0.4) is 0 Å². The van der Waals surface area contributed by atoms with Gasteiger partial charge in [-0.2, -0.15) is 0 Å². The van der Waals surface area contributed by atoms with E-state index in [2.05, 4.69) is 21.8 Å². The second-order valence-corrected chi connectivity index (χ2v) is 5.17. The van der Waals surface area contributed by atoms with Crippen molar-refractivity contribution in [2.24, 2.45) is 0 Å². The second kappa shape index (κ2) is 6.70. The number of nitrogen functional groups attached to an aromatic ring is 1. The summed E-state index contributed by atoms with van der Waals surface area (Å²) in [7, 11) is 0. The number of aryl methyl sites for hydroxylation is 1. The Balaban J connectivity index is 2.24. The minimum absolute atomic E-state index is 0.142. The number of aliphatic hydroxyl groups excluding tert-OH is 1. The smallest absolute Gasteiger partial charge is 0.134 e. The third-order valence-corrected chi connectivity index (χ3v) is 3.65. The third-order valence-electron chi connectivity index (χ3n) is 3.65. The van der Waals surface area contributed by atoms with E-state index in [1.165, 1.54) is 25.7 Å². The van der Waals surface area contributed by atoms with Crippen molar-refractivity contribution in [2.75, 3.05) is 23.8 Å². The lowest BCUT2D eigenvalue weighted by molar-refractivity contribution is 0.296. The molecule has 0 radical (unpaired) electrons. The molecule has 0 spiro atoms. The first-order chi connectivity index (χ1) is 9.24. The van der Waals surface area contributed by atoms with E-state index < -0.39 is 0 Å². The van der Waals surface area contributed by atoms with Gasteiger partial charge in [-0.25, -0.2) is 9.97 Å². The first-order valence-electron chi connectivity index (χ1n) is 7.25. The number of anilines is 2. The summed E-state index contributed by atoms with van der Waals surface area (Å²) in [6, 6.07) is 2.31. The Morgan fingerprint density at radius 2 is 2.11 bits per heavy atom. The lowest BCUT2D eigenvalue weighted by atomic mass is 10.2. The third kappa shape index (κ3) is 3.56. The van der Waals surface area contributed by atoms with Crippen molar-refractivity contribution in [3.8, 4) is 0 Å². The lowest BCUT2D eigenvalue weighted by Crippen LogP contribution is -2.36. The molecule has 1 saturated carbocycles. The highest BCUT2D eigenvalue weighted by Crippen LogP contribution is 2.27. The predicted octanol–water partition coefficient (Wildman–Crippen LogP) is 1.75. The van der Waals surface area contributed by atoms with E-state index >= 15 is 0 Å². The van der Waals surface area contributed by atoms with Gasteiger partial charge in [0.15, 0.2) is 0 Å². The lowest BCUT2D eigenvalue weighted by Gasteiger charge is -2.29. The molecule has 0 amide bonds. The molecule has 0 bridgehead atoms. The first kappa shape index (κ1) is 14.1. The topological polar surface area (TPSA) is 75.3 Å². The molecule has 0 aliphatic heterocycles. The van der Waals surface area contributed by atoms with Crippen LogP contribution in [-0.4, -0.2) is 34.3 Å². The average Bonchev–Trinajstić information content (AvgIpc) is 2.89. The van der Waals surface area contributed by atoms with Crippen LogP contribution in [0.2, 0.25) is 0 Å². The van der Waals surface area contributed by atoms with Crippen molar-refractivity contribution < 1.29 is 5.11 Å². The van der Waals surface area contributed by atoms with Crippen LogP contribution in [0, 0.1) is 0 Å². The molecule has 0 aromatic carbocycles. The summed E-state index contributed by atoms with van der Waals surface area (Å²) >= 11 is 0. The monoisotopic (exact) mass is 264 g/mol. The van der Waals surface area contributed by atoms with Gasteiger partial charge < -0.3 is 15.7 Å². The van der Waals surface area contributed by atoms with Gasteiger partial charge in [0.05, 0.1) is 6.61 Å². The minimum Gasteiger partial charge on any atom is -0.395 e. The standard InChI is InChI=1S/C14H24N4O/c1-2-5-13-16-12(15)10-14(17-13)18(8-9-19)11-6-3-4-7-11/h10-11,19H,2-9H2,1H3,(H2,15,16,17). The van der Waals surface area contributed by atoms with Gasteiger partial charge in [-0.05, 0) is 19.3 Å². The maximum atomic E-state index is 9.28. The predicted molar refractivity (Wildman–Crippen MR) is 77.1 cm³/mol. The van der Waals surface area contributed by atoms with E-state index in [0.29, 0.717) is 18.4 Å². The fourth-order valence-corrected chi connectivity index (χ4v) is 2.79. The van der Waals surface area contributed by atoms with E-state index in [0.717, 1.165) is 24.5 Å². The Kier molecular flexibility index (Phi) is 4.96. The van der Waals surface area contributed by atoms with Crippen molar-refractivity contribution >= 4 is 11.6 Å². The zero-order chi connectivity index (χ0) is 13.7. The Hall–Kier alpha value is -1.36. The van der Waals surface area contributed by atoms with Crippen molar-refractivity contribution in [1.82, 2.24) is 9.97 Å². The Labute approximate surface area is 114 Å². The summed E-state index contributed by atoms with van der Waals surface area (Å²) in [6.45, 7) is 2.87. The fraction of sp³-hybridized carbons (Fsp3) is 0.714. The molecule has 0 atom stereocenters. The van der Waals surface area contributed by atoms with Crippen LogP contribution in [0.5, 0.6) is 0 Å². The molecular weight excluding hydrogens is 240 g/mol. The zero-order valence-corrected chi connectivity index (χ0v) is 11.7. The van der Waals surface area contributed by atoms with E-state index in [1.807, 2.05) is 6.07 Å². The Morgan fingerprint density at radius 1 is 1.37 bits per heavy atom. The fourth-order valence-electron chi connectivity index (χ4n) is 2.79. The van der Waals surface area contributed by atoms with Crippen LogP contribution in [0.25, 0.3) is 0 Å². The zero-order valence-electron chi connectivity index (χ0n) is 11.7. The van der Waals surface area contributed by atoms with E-state index in [-0.39, 0.29) is 6.61 Å². The normalized spacial score (nSPS) is 15.9. The van der Waals surface area contributed by atoms with Crippen LogP contribution in [-0.2, 0) is 6.42 Å². The highest BCUT2D eigenvalue weighted by atomic mass is 16.3. The van der Waals surface area contributed by atoms with Gasteiger partial charge >= 0.3 is 0 Å². The van der Waals surface area contributed by atoms with Crippen molar-refractivity contribution in [2.45, 2.75) is 51.5 Å². The maximum absolute atomic E-state index is 9.28. The summed E-state index contributed by atoms with van der Waals surface area (Å²) in [5.74, 6) is 2.20. The second-order valence-electron chi connectivity index (χ2n) is 5.17. The molecule has 1 aliphatic carbocycles. The van der Waals surface area contributed by atoms with Gasteiger partial charge in [-0.1, -0.05) is 19.8 Å². The highest BCUT2D eigenvalue weighted by Gasteiger charge is 2.24. The van der Waals surface area contributed by atoms with Gasteiger partial charge in [0.2, 0.25) is 0 Å². The number of nitrogens with two attached hydrogens (primary N) is 1. The van der Waals surface area contributed by atoms with Crippen LogP contribution >= 0.6 is 0 Å². The summed E-state index contributed by atoms with van der Waals surface area (Å²) in [4.78, 5) is 11.1. The molecule has 0 unspecified atom stereocenters. The number of hydrogen-bond donors (Lipinski definition) is 2. The first-order valence-corrected chi connectivity index (χ1v) is 7.25. The van der Waals surface area contributed by atoms with Gasteiger partial charge in [0.1, 0.15) is 17.5 Å². The van der Waals surface area contributed by atoms with E-state index in [4.69, 9.17) is 5.73 Å². The van der Waals surface area contributed by atoms with Gasteiger partial charge in [-0.3, -0.25) is 0 Å². The molecule has 1 heterocycles. The maximum Gasteiger partial charge on any atom is 0.134 e. The molecule has 1 fully saturated rings. The minimum atomic E-state index is 0.142. The van der Waals surface area contributed by atoms with Crippen LogP contribution < -0.4 is 10.6 Å². The van der Waals surface area contributed by atoms with Crippen LogP contribution in [0.4, 0.5) is 11.6 Å². The molecule has 1 aliphatic rings.